The number of hydrogen-bond donors (Lipinski definition) is 1. The van der Waals surface area contributed by atoms with Crippen LogP contribution in [0.15, 0.2) is 48.5 Å². The van der Waals surface area contributed by atoms with Gasteiger partial charge in [0.25, 0.3) is 0 Å². The van der Waals surface area contributed by atoms with Crippen LogP contribution >= 0.6 is 0 Å². The molecule has 2 aromatic rings. The van der Waals surface area contributed by atoms with Crippen LogP contribution in [0.1, 0.15) is 37.8 Å². The minimum Gasteiger partial charge on any atom is -0.350 e. The average molecular weight is 342 g/mol. The van der Waals surface area contributed by atoms with Gasteiger partial charge in [-0.2, -0.15) is 0 Å². The van der Waals surface area contributed by atoms with E-state index >= 15 is 0 Å². The van der Waals surface area contributed by atoms with Crippen LogP contribution in [0.25, 0.3) is 0 Å². The second-order valence-corrected chi connectivity index (χ2v) is 6.25. The molecule has 0 heterocycles. The minimum atomic E-state index is -0.317. The van der Waals surface area contributed by atoms with E-state index in [1.165, 1.54) is 29.5 Å². The number of carbonyl (C=O) groups excluding carboxylic acids is 2. The lowest BCUT2D eigenvalue weighted by Crippen LogP contribution is -2.39. The molecule has 0 fully saturated rings. The summed E-state index contributed by atoms with van der Waals surface area (Å²) in [4.78, 5) is 25.5. The molecule has 0 aliphatic rings. The molecule has 132 valence electrons. The smallest absolute Gasteiger partial charge is 0.240 e. The van der Waals surface area contributed by atoms with Crippen molar-refractivity contribution < 1.29 is 14.0 Å². The number of rotatable bonds is 6. The van der Waals surface area contributed by atoms with Crippen molar-refractivity contribution in [3.8, 4) is 0 Å². The van der Waals surface area contributed by atoms with Crippen molar-refractivity contribution >= 4 is 17.5 Å². The maximum Gasteiger partial charge on any atom is 0.240 e. The molecule has 0 atom stereocenters. The first-order chi connectivity index (χ1) is 11.9. The zero-order valence-electron chi connectivity index (χ0n) is 14.8. The van der Waals surface area contributed by atoms with Crippen LogP contribution in [0.3, 0.4) is 0 Å². The van der Waals surface area contributed by atoms with E-state index in [1.54, 1.807) is 12.1 Å². The number of nitrogens with zero attached hydrogens (tertiary/aromatic N) is 1. The highest BCUT2D eigenvalue weighted by Gasteiger charge is 2.16. The first kappa shape index (κ1) is 18.6. The van der Waals surface area contributed by atoms with E-state index in [2.05, 4.69) is 19.2 Å². The summed E-state index contributed by atoms with van der Waals surface area (Å²) in [7, 11) is 0. The molecule has 2 aromatic carbocycles. The molecule has 0 aliphatic heterocycles. The quantitative estimate of drug-likeness (QED) is 0.872. The van der Waals surface area contributed by atoms with Gasteiger partial charge in [-0.25, -0.2) is 4.39 Å². The first-order valence-corrected chi connectivity index (χ1v) is 8.26. The summed E-state index contributed by atoms with van der Waals surface area (Å²) >= 11 is 0. The topological polar surface area (TPSA) is 49.4 Å². The van der Waals surface area contributed by atoms with Gasteiger partial charge in [0.1, 0.15) is 12.4 Å². The van der Waals surface area contributed by atoms with Crippen molar-refractivity contribution in [2.75, 3.05) is 11.4 Å². The lowest BCUT2D eigenvalue weighted by molar-refractivity contribution is -0.123. The first-order valence-electron chi connectivity index (χ1n) is 8.26. The lowest BCUT2D eigenvalue weighted by atomic mass is 10.0. The van der Waals surface area contributed by atoms with Gasteiger partial charge in [0, 0.05) is 19.2 Å². The molecule has 1 N–H and O–H groups in total. The SMILES string of the molecule is CC(=O)N(CC(=O)NCc1ccc(F)cc1)c1ccc(C(C)C)cc1. The number of carbonyl (C=O) groups is 2. The molecule has 0 radical (unpaired) electrons. The third-order valence-corrected chi connectivity index (χ3v) is 3.96. The molecule has 5 heteroatoms. The summed E-state index contributed by atoms with van der Waals surface area (Å²) in [6.07, 6.45) is 0. The van der Waals surface area contributed by atoms with Gasteiger partial charge in [0.05, 0.1) is 0 Å². The Balaban J connectivity index is 1.99. The number of anilines is 1. The number of hydrogen-bond acceptors (Lipinski definition) is 2. The fourth-order valence-corrected chi connectivity index (χ4v) is 2.43. The number of nitrogens with one attached hydrogen (secondary N) is 1. The molecular weight excluding hydrogens is 319 g/mol. The normalized spacial score (nSPS) is 10.6. The Kier molecular flexibility index (Phi) is 6.28. The van der Waals surface area contributed by atoms with Gasteiger partial charge in [-0.3, -0.25) is 9.59 Å². The maximum atomic E-state index is 12.9. The summed E-state index contributed by atoms with van der Waals surface area (Å²) in [5.41, 5.74) is 2.66. The van der Waals surface area contributed by atoms with Gasteiger partial charge in [0.15, 0.2) is 0 Å². The molecule has 2 amide bonds. The van der Waals surface area contributed by atoms with Crippen molar-refractivity contribution in [1.29, 1.82) is 0 Å². The van der Waals surface area contributed by atoms with E-state index in [0.29, 0.717) is 11.6 Å². The second kappa shape index (κ2) is 8.42. The average Bonchev–Trinajstić information content (AvgIpc) is 2.59. The van der Waals surface area contributed by atoms with E-state index in [1.807, 2.05) is 24.3 Å². The molecular formula is C20H23FN2O2. The van der Waals surface area contributed by atoms with E-state index < -0.39 is 0 Å². The van der Waals surface area contributed by atoms with Crippen LogP contribution in [0.2, 0.25) is 0 Å². The molecule has 0 spiro atoms. The second-order valence-electron chi connectivity index (χ2n) is 6.25. The van der Waals surface area contributed by atoms with Crippen molar-refractivity contribution in [2.45, 2.75) is 33.2 Å². The maximum absolute atomic E-state index is 12.9. The Morgan fingerprint density at radius 1 is 1.04 bits per heavy atom. The van der Waals surface area contributed by atoms with Gasteiger partial charge in [-0.15, -0.1) is 0 Å². The van der Waals surface area contributed by atoms with Gasteiger partial charge in [-0.05, 0) is 41.3 Å². The van der Waals surface area contributed by atoms with E-state index in [0.717, 1.165) is 5.56 Å². The lowest BCUT2D eigenvalue weighted by Gasteiger charge is -2.21. The van der Waals surface area contributed by atoms with E-state index in [-0.39, 0.29) is 30.7 Å². The number of benzene rings is 2. The summed E-state index contributed by atoms with van der Waals surface area (Å²) < 4.78 is 12.9. The Morgan fingerprint density at radius 3 is 2.16 bits per heavy atom. The van der Waals surface area contributed by atoms with Crippen LogP contribution < -0.4 is 10.2 Å². The van der Waals surface area contributed by atoms with E-state index in [4.69, 9.17) is 0 Å². The van der Waals surface area contributed by atoms with E-state index in [9.17, 15) is 14.0 Å². The summed E-state index contributed by atoms with van der Waals surface area (Å²) in [6, 6.07) is 13.6. The van der Waals surface area contributed by atoms with Crippen molar-refractivity contribution in [3.63, 3.8) is 0 Å². The fraction of sp³-hybridized carbons (Fsp3) is 0.300. The van der Waals surface area contributed by atoms with Gasteiger partial charge >= 0.3 is 0 Å². The predicted octanol–water partition coefficient (Wildman–Crippen LogP) is 3.62. The van der Waals surface area contributed by atoms with Crippen LogP contribution in [-0.2, 0) is 16.1 Å². The standard InChI is InChI=1S/C20H23FN2O2/c1-14(2)17-6-10-19(11-7-17)23(15(3)24)13-20(25)22-12-16-4-8-18(21)9-5-16/h4-11,14H,12-13H2,1-3H3,(H,22,25). The summed E-state index contributed by atoms with van der Waals surface area (Å²) in [5.74, 6) is -0.386. The van der Waals surface area contributed by atoms with Crippen molar-refractivity contribution in [1.82, 2.24) is 5.32 Å². The summed E-state index contributed by atoms with van der Waals surface area (Å²) in [6.45, 7) is 5.86. The van der Waals surface area contributed by atoms with Crippen LogP contribution in [0.5, 0.6) is 0 Å². The highest BCUT2D eigenvalue weighted by Crippen LogP contribution is 2.20. The van der Waals surface area contributed by atoms with Crippen LogP contribution in [-0.4, -0.2) is 18.4 Å². The Labute approximate surface area is 147 Å². The van der Waals surface area contributed by atoms with Crippen LogP contribution in [0, 0.1) is 5.82 Å². The van der Waals surface area contributed by atoms with Crippen LogP contribution in [0.4, 0.5) is 10.1 Å². The molecule has 0 aromatic heterocycles. The van der Waals surface area contributed by atoms with Gasteiger partial charge < -0.3 is 10.2 Å². The highest BCUT2D eigenvalue weighted by molar-refractivity contribution is 5.97. The molecule has 0 bridgehead atoms. The number of amides is 2. The molecule has 0 unspecified atom stereocenters. The minimum absolute atomic E-state index is 0.0580. The van der Waals surface area contributed by atoms with Gasteiger partial charge in [-0.1, -0.05) is 38.1 Å². The largest absolute Gasteiger partial charge is 0.350 e. The molecule has 0 saturated heterocycles. The van der Waals surface area contributed by atoms with Gasteiger partial charge in [0.2, 0.25) is 11.8 Å². The highest BCUT2D eigenvalue weighted by atomic mass is 19.1. The molecule has 2 rings (SSSR count). The Hall–Kier alpha value is -2.69. The molecule has 0 aliphatic carbocycles. The van der Waals surface area contributed by atoms with Crippen molar-refractivity contribution in [3.05, 3.63) is 65.5 Å². The Bertz CT molecular complexity index is 724. The molecule has 25 heavy (non-hydrogen) atoms. The molecule has 4 nitrogen and oxygen atoms in total. The third kappa shape index (κ3) is 5.41. The third-order valence-electron chi connectivity index (χ3n) is 3.96. The fourth-order valence-electron chi connectivity index (χ4n) is 2.43. The van der Waals surface area contributed by atoms with Crippen molar-refractivity contribution in [2.24, 2.45) is 0 Å². The number of halogens is 1. The predicted molar refractivity (Wildman–Crippen MR) is 96.8 cm³/mol. The monoisotopic (exact) mass is 342 g/mol. The zero-order chi connectivity index (χ0) is 18.4. The molecule has 0 saturated carbocycles. The summed E-state index contributed by atoms with van der Waals surface area (Å²) in [5, 5.41) is 2.75. The Morgan fingerprint density at radius 2 is 1.64 bits per heavy atom. The zero-order valence-corrected chi connectivity index (χ0v) is 14.8.